The van der Waals surface area contributed by atoms with Gasteiger partial charge in [0.25, 0.3) is 5.91 Å². The Labute approximate surface area is 148 Å². The maximum absolute atomic E-state index is 12.2. The highest BCUT2D eigenvalue weighted by Crippen LogP contribution is 2.39. The molecule has 0 aliphatic rings. The van der Waals surface area contributed by atoms with Gasteiger partial charge >= 0.3 is 6.16 Å². The van der Waals surface area contributed by atoms with Gasteiger partial charge in [0.15, 0.2) is 11.4 Å². The predicted molar refractivity (Wildman–Crippen MR) is 94.2 cm³/mol. The van der Waals surface area contributed by atoms with E-state index >= 15 is 0 Å². The minimum Gasteiger partial charge on any atom is -0.449 e. The number of carboxylic acid groups (broad SMARTS) is 1. The number of hydrogen-bond donors (Lipinski definition) is 2. The minimum atomic E-state index is -1.54. The molecule has 0 unspecified atom stereocenters. The molecule has 1 heterocycles. The quantitative estimate of drug-likeness (QED) is 0.693. The summed E-state index contributed by atoms with van der Waals surface area (Å²) in [6.07, 6.45) is -1.54. The van der Waals surface area contributed by atoms with Crippen molar-refractivity contribution in [3.05, 3.63) is 59.2 Å². The van der Waals surface area contributed by atoms with Crippen molar-refractivity contribution in [2.24, 2.45) is 0 Å². The van der Waals surface area contributed by atoms with Gasteiger partial charge in [0.1, 0.15) is 0 Å². The zero-order chi connectivity index (χ0) is 18.0. The molecule has 0 aliphatic carbocycles. The highest BCUT2D eigenvalue weighted by molar-refractivity contribution is 6.31. The highest BCUT2D eigenvalue weighted by atomic mass is 35.5. The molecule has 0 atom stereocenters. The van der Waals surface area contributed by atoms with Crippen molar-refractivity contribution in [2.75, 3.05) is 7.05 Å². The highest BCUT2D eigenvalue weighted by Gasteiger charge is 2.24. The number of aromatic nitrogens is 1. The fourth-order valence-electron chi connectivity index (χ4n) is 2.57. The average Bonchev–Trinajstić information content (AvgIpc) is 2.60. The summed E-state index contributed by atoms with van der Waals surface area (Å²) in [6, 6.07) is 14.0. The van der Waals surface area contributed by atoms with Gasteiger partial charge in [-0.2, -0.15) is 0 Å². The molecule has 126 valence electrons. The summed E-state index contributed by atoms with van der Waals surface area (Å²) in [5.74, 6) is -0.682. The number of pyridine rings is 1. The van der Waals surface area contributed by atoms with Gasteiger partial charge in [0.05, 0.1) is 5.52 Å². The number of carbonyl (C=O) groups is 2. The maximum Gasteiger partial charge on any atom is 0.511 e. The molecule has 2 aromatic carbocycles. The molecule has 1 amide bonds. The fraction of sp³-hybridized carbons (Fsp3) is 0.0556. The van der Waals surface area contributed by atoms with Crippen LogP contribution < -0.4 is 10.1 Å². The number of hydrogen-bond acceptors (Lipinski definition) is 4. The molecule has 0 aliphatic heterocycles. The Bertz CT molecular complexity index is 974. The maximum atomic E-state index is 12.2. The molecule has 3 aromatic rings. The van der Waals surface area contributed by atoms with E-state index in [1.54, 1.807) is 42.5 Å². The van der Waals surface area contributed by atoms with Crippen LogP contribution in [-0.2, 0) is 0 Å². The van der Waals surface area contributed by atoms with E-state index in [4.69, 9.17) is 21.4 Å². The number of benzene rings is 2. The number of fused-ring (bicyclic) bond motifs is 1. The Kier molecular flexibility index (Phi) is 4.54. The molecule has 0 spiro atoms. The largest absolute Gasteiger partial charge is 0.511 e. The second-order valence-electron chi connectivity index (χ2n) is 5.14. The van der Waals surface area contributed by atoms with Crippen molar-refractivity contribution < 1.29 is 19.4 Å². The van der Waals surface area contributed by atoms with Crippen LogP contribution in [0.4, 0.5) is 4.79 Å². The Hall–Kier alpha value is -3.12. The van der Waals surface area contributed by atoms with Gasteiger partial charge in [-0.25, -0.2) is 9.78 Å². The van der Waals surface area contributed by atoms with Crippen LogP contribution in [0.15, 0.2) is 48.5 Å². The number of nitrogens with one attached hydrogen (secondary N) is 1. The third-order valence-electron chi connectivity index (χ3n) is 3.60. The lowest BCUT2D eigenvalue weighted by Gasteiger charge is -2.15. The Balaban J connectivity index is 2.46. The van der Waals surface area contributed by atoms with Crippen LogP contribution in [0, 0.1) is 0 Å². The number of rotatable bonds is 3. The van der Waals surface area contributed by atoms with E-state index in [0.717, 1.165) is 0 Å². The van der Waals surface area contributed by atoms with Crippen molar-refractivity contribution >= 4 is 34.6 Å². The molecule has 1 aromatic heterocycles. The fourth-order valence-corrected chi connectivity index (χ4v) is 2.74. The van der Waals surface area contributed by atoms with Gasteiger partial charge in [0.2, 0.25) is 0 Å². The first-order valence-corrected chi connectivity index (χ1v) is 7.70. The molecule has 0 saturated heterocycles. The Morgan fingerprint density at radius 3 is 2.52 bits per heavy atom. The number of carbonyl (C=O) groups excluding carboxylic acids is 1. The zero-order valence-corrected chi connectivity index (χ0v) is 13.9. The van der Waals surface area contributed by atoms with Gasteiger partial charge in [-0.1, -0.05) is 41.9 Å². The predicted octanol–water partition coefficient (Wildman–Crippen LogP) is 3.97. The van der Waals surface area contributed by atoms with Crippen molar-refractivity contribution in [1.82, 2.24) is 10.3 Å². The zero-order valence-electron chi connectivity index (χ0n) is 13.1. The van der Waals surface area contributed by atoms with E-state index in [0.29, 0.717) is 27.1 Å². The summed E-state index contributed by atoms with van der Waals surface area (Å²) < 4.78 is 4.95. The van der Waals surface area contributed by atoms with Crippen molar-refractivity contribution in [3.63, 3.8) is 0 Å². The molecule has 25 heavy (non-hydrogen) atoms. The van der Waals surface area contributed by atoms with Crippen LogP contribution in [0.2, 0.25) is 5.02 Å². The monoisotopic (exact) mass is 356 g/mol. The molecule has 7 heteroatoms. The van der Waals surface area contributed by atoms with Crippen LogP contribution in [0.5, 0.6) is 5.75 Å². The summed E-state index contributed by atoms with van der Waals surface area (Å²) in [7, 11) is 1.43. The summed E-state index contributed by atoms with van der Waals surface area (Å²) in [5.41, 5.74) is 1.51. The second kappa shape index (κ2) is 6.78. The summed E-state index contributed by atoms with van der Waals surface area (Å²) >= 11 is 6.10. The van der Waals surface area contributed by atoms with E-state index in [1.807, 2.05) is 6.07 Å². The second-order valence-corrected chi connectivity index (χ2v) is 5.58. The first kappa shape index (κ1) is 16.7. The van der Waals surface area contributed by atoms with Gasteiger partial charge in [-0.15, -0.1) is 0 Å². The summed E-state index contributed by atoms with van der Waals surface area (Å²) in [5, 5.41) is 12.6. The van der Waals surface area contributed by atoms with Gasteiger partial charge < -0.3 is 15.2 Å². The number of halogens is 1. The number of nitrogens with zero attached hydrogens (tertiary/aromatic N) is 1. The Morgan fingerprint density at radius 2 is 1.88 bits per heavy atom. The van der Waals surface area contributed by atoms with Crippen molar-refractivity contribution in [1.29, 1.82) is 0 Å². The van der Waals surface area contributed by atoms with Crippen molar-refractivity contribution in [3.8, 4) is 16.9 Å². The molecule has 0 saturated carbocycles. The number of amides is 1. The van der Waals surface area contributed by atoms with Gasteiger partial charge in [0, 0.05) is 23.0 Å². The summed E-state index contributed by atoms with van der Waals surface area (Å²) in [4.78, 5) is 27.7. The van der Waals surface area contributed by atoms with E-state index in [-0.39, 0.29) is 11.4 Å². The van der Waals surface area contributed by atoms with Gasteiger partial charge in [-0.05, 0) is 23.8 Å². The normalized spacial score (nSPS) is 10.5. The molecular weight excluding hydrogens is 344 g/mol. The lowest BCUT2D eigenvalue weighted by molar-refractivity contribution is 0.0954. The first-order valence-electron chi connectivity index (χ1n) is 7.33. The summed E-state index contributed by atoms with van der Waals surface area (Å²) in [6.45, 7) is 0. The topological polar surface area (TPSA) is 88.5 Å². The van der Waals surface area contributed by atoms with E-state index in [1.165, 1.54) is 7.05 Å². The molecule has 0 bridgehead atoms. The standard InChI is InChI=1S/C18H13ClN2O4/c1-20-17(22)15-16(25-18(23)24)14(10-5-3-2-4-6-10)12-9-11(19)7-8-13(12)21-15/h2-9H,1H3,(H,20,22)(H,23,24). The minimum absolute atomic E-state index is 0.112. The van der Waals surface area contributed by atoms with Crippen molar-refractivity contribution in [2.45, 2.75) is 0 Å². The molecule has 3 rings (SSSR count). The van der Waals surface area contributed by atoms with Crippen LogP contribution >= 0.6 is 11.6 Å². The number of ether oxygens (including phenoxy) is 1. The van der Waals surface area contributed by atoms with Crippen LogP contribution in [0.25, 0.3) is 22.0 Å². The molecule has 6 nitrogen and oxygen atoms in total. The molecular formula is C18H13ClN2O4. The van der Waals surface area contributed by atoms with Gasteiger partial charge in [-0.3, -0.25) is 4.79 Å². The third kappa shape index (κ3) is 3.25. The van der Waals surface area contributed by atoms with Crippen LogP contribution in [-0.4, -0.2) is 29.2 Å². The third-order valence-corrected chi connectivity index (χ3v) is 3.83. The molecule has 0 fully saturated rings. The average molecular weight is 357 g/mol. The van der Waals surface area contributed by atoms with Crippen LogP contribution in [0.3, 0.4) is 0 Å². The molecule has 0 radical (unpaired) electrons. The first-order chi connectivity index (χ1) is 12.0. The van der Waals surface area contributed by atoms with E-state index in [9.17, 15) is 9.59 Å². The van der Waals surface area contributed by atoms with Crippen LogP contribution in [0.1, 0.15) is 10.5 Å². The SMILES string of the molecule is CNC(=O)c1nc2ccc(Cl)cc2c(-c2ccccc2)c1OC(=O)O. The lowest BCUT2D eigenvalue weighted by Crippen LogP contribution is -2.22. The van der Waals surface area contributed by atoms with E-state index < -0.39 is 12.1 Å². The lowest BCUT2D eigenvalue weighted by atomic mass is 9.98. The Morgan fingerprint density at radius 1 is 1.16 bits per heavy atom. The van der Waals surface area contributed by atoms with E-state index in [2.05, 4.69) is 10.3 Å². The smallest absolute Gasteiger partial charge is 0.449 e. The molecule has 2 N–H and O–H groups in total.